The minimum absolute atomic E-state index is 0.472. The molecule has 13 heteroatoms. The summed E-state index contributed by atoms with van der Waals surface area (Å²) in [6.45, 7) is 0.667. The first kappa shape index (κ1) is 24.8. The summed E-state index contributed by atoms with van der Waals surface area (Å²) in [5, 5.41) is 3.05. The molecule has 1 atom stereocenters. The summed E-state index contributed by atoms with van der Waals surface area (Å²) in [6.07, 6.45) is -10.4. The lowest BCUT2D eigenvalue weighted by atomic mass is 10.2. The van der Waals surface area contributed by atoms with Gasteiger partial charge in [-0.3, -0.25) is 5.32 Å². The Kier molecular flexibility index (Phi) is 7.21. The third-order valence-corrected chi connectivity index (χ3v) is 3.78. The number of rotatable bonds is 6. The van der Waals surface area contributed by atoms with Crippen LogP contribution < -0.4 is 15.4 Å². The van der Waals surface area contributed by atoms with Gasteiger partial charge >= 0.3 is 30.1 Å². The van der Waals surface area contributed by atoms with E-state index in [4.69, 9.17) is 4.74 Å². The predicted molar refractivity (Wildman–Crippen MR) is 96.0 cm³/mol. The van der Waals surface area contributed by atoms with Crippen molar-refractivity contribution in [2.45, 2.75) is 25.0 Å². The number of carbonyl (C=O) groups excluding carboxylic acids is 2. The Balaban J connectivity index is 2.39. The van der Waals surface area contributed by atoms with Crippen LogP contribution in [0.15, 0.2) is 48.5 Å². The van der Waals surface area contributed by atoms with Crippen molar-refractivity contribution in [1.82, 2.24) is 5.32 Å². The Hall–Kier alpha value is -3.51. The highest BCUT2D eigenvalue weighted by molar-refractivity contribution is 5.94. The van der Waals surface area contributed by atoms with E-state index < -0.39 is 59.5 Å². The molecule has 0 radical (unpaired) electrons. The van der Waals surface area contributed by atoms with Gasteiger partial charge in [0.2, 0.25) is 0 Å². The highest BCUT2D eigenvalue weighted by Crippen LogP contribution is 2.35. The van der Waals surface area contributed by atoms with E-state index in [1.807, 2.05) is 0 Å². The molecular formula is C19H15F7N2O4. The van der Waals surface area contributed by atoms with Crippen molar-refractivity contribution < 1.29 is 49.8 Å². The Bertz CT molecular complexity index is 961. The molecule has 0 aliphatic heterocycles. The smallest absolute Gasteiger partial charge is 0.460 e. The number of anilines is 1. The van der Waals surface area contributed by atoms with Gasteiger partial charge in [-0.15, -0.1) is 0 Å². The molecule has 0 fully saturated rings. The number of ether oxygens (including phenoxy) is 2. The largest absolute Gasteiger partial charge is 0.461 e. The maximum atomic E-state index is 13.9. The number of benzene rings is 2. The summed E-state index contributed by atoms with van der Waals surface area (Å²) in [7, 11) is 0. The summed E-state index contributed by atoms with van der Waals surface area (Å²) in [5.41, 5.74) is -5.78. The molecule has 2 aromatic carbocycles. The average molecular weight is 468 g/mol. The molecule has 0 spiro atoms. The summed E-state index contributed by atoms with van der Waals surface area (Å²) in [5.74, 6) is -3.53. The quantitative estimate of drug-likeness (QED) is 0.361. The minimum Gasteiger partial charge on any atom is -0.461 e. The number of hydrogen-bond donors (Lipinski definition) is 2. The third-order valence-electron chi connectivity index (χ3n) is 3.78. The van der Waals surface area contributed by atoms with Crippen LogP contribution in [0.1, 0.15) is 12.5 Å². The highest BCUT2D eigenvalue weighted by Gasteiger charge is 2.66. The fourth-order valence-electron chi connectivity index (χ4n) is 2.37. The van der Waals surface area contributed by atoms with Gasteiger partial charge in [0.1, 0.15) is 11.6 Å². The van der Waals surface area contributed by atoms with E-state index in [1.54, 1.807) is 5.32 Å². The number of nitrogens with one attached hydrogen (secondary N) is 2. The molecule has 0 saturated carbocycles. The number of hydrogen-bond acceptors (Lipinski definition) is 4. The van der Waals surface area contributed by atoms with Crippen molar-refractivity contribution in [1.29, 1.82) is 0 Å². The first-order chi connectivity index (χ1) is 14.8. The van der Waals surface area contributed by atoms with Crippen LogP contribution in [0.5, 0.6) is 5.75 Å². The van der Waals surface area contributed by atoms with Gasteiger partial charge in [0, 0.05) is 5.69 Å². The maximum Gasteiger partial charge on any atom is 0.460 e. The summed E-state index contributed by atoms with van der Waals surface area (Å²) < 4.78 is 102. The van der Waals surface area contributed by atoms with Crippen molar-refractivity contribution in [2.24, 2.45) is 0 Å². The van der Waals surface area contributed by atoms with Crippen LogP contribution in [0.25, 0.3) is 0 Å². The molecule has 32 heavy (non-hydrogen) atoms. The second-order valence-electron chi connectivity index (χ2n) is 6.11. The number of urea groups is 1. The van der Waals surface area contributed by atoms with Gasteiger partial charge in [0.25, 0.3) is 0 Å². The van der Waals surface area contributed by atoms with E-state index in [0.717, 1.165) is 36.4 Å². The highest BCUT2D eigenvalue weighted by atomic mass is 19.4. The number of carbonyl (C=O) groups is 2. The molecule has 0 aliphatic rings. The fourth-order valence-corrected chi connectivity index (χ4v) is 2.37. The zero-order chi connectivity index (χ0) is 24.2. The molecule has 2 aromatic rings. The Labute approximate surface area is 176 Å². The van der Waals surface area contributed by atoms with Crippen LogP contribution in [0, 0.1) is 5.82 Å². The van der Waals surface area contributed by atoms with Gasteiger partial charge < -0.3 is 14.8 Å². The van der Waals surface area contributed by atoms with E-state index in [2.05, 4.69) is 4.74 Å². The minimum atomic E-state index is -5.60. The molecule has 0 aromatic heterocycles. The molecule has 2 rings (SSSR count). The van der Waals surface area contributed by atoms with Crippen LogP contribution in [0.2, 0.25) is 0 Å². The van der Waals surface area contributed by atoms with Gasteiger partial charge in [0.05, 0.1) is 12.2 Å². The second kappa shape index (κ2) is 9.32. The SMILES string of the molecule is CCOC(=O)[C@@](NC(=O)Nc1cccc(C(F)(F)F)c1)(Oc1ccc(F)cc1)C(F)(F)F. The molecule has 2 amide bonds. The maximum absolute atomic E-state index is 13.9. The fraction of sp³-hybridized carbons (Fsp3) is 0.263. The second-order valence-corrected chi connectivity index (χ2v) is 6.11. The lowest BCUT2D eigenvalue weighted by molar-refractivity contribution is -0.259. The Morgan fingerprint density at radius 1 is 0.969 bits per heavy atom. The summed E-state index contributed by atoms with van der Waals surface area (Å²) in [4.78, 5) is 24.5. The van der Waals surface area contributed by atoms with E-state index in [-0.39, 0.29) is 0 Å². The monoisotopic (exact) mass is 468 g/mol. The van der Waals surface area contributed by atoms with Crippen molar-refractivity contribution in [3.63, 3.8) is 0 Å². The third kappa shape index (κ3) is 5.80. The number of alkyl halides is 6. The van der Waals surface area contributed by atoms with Crippen LogP contribution in [-0.4, -0.2) is 30.5 Å². The first-order valence-electron chi connectivity index (χ1n) is 8.73. The lowest BCUT2D eigenvalue weighted by Gasteiger charge is -2.33. The van der Waals surface area contributed by atoms with Crippen LogP contribution in [0.4, 0.5) is 41.2 Å². The molecule has 174 valence electrons. The predicted octanol–water partition coefficient (Wildman–Crippen LogP) is 4.87. The molecule has 0 heterocycles. The molecular weight excluding hydrogens is 453 g/mol. The van der Waals surface area contributed by atoms with Crippen molar-refractivity contribution in [3.8, 4) is 5.75 Å². The molecule has 0 saturated heterocycles. The van der Waals surface area contributed by atoms with Gasteiger partial charge in [-0.25, -0.2) is 14.0 Å². The average Bonchev–Trinajstić information content (AvgIpc) is 2.68. The molecule has 2 N–H and O–H groups in total. The zero-order valence-corrected chi connectivity index (χ0v) is 16.1. The van der Waals surface area contributed by atoms with Crippen LogP contribution in [-0.2, 0) is 15.7 Å². The summed E-state index contributed by atoms with van der Waals surface area (Å²) >= 11 is 0. The van der Waals surface area contributed by atoms with Gasteiger partial charge in [-0.2, -0.15) is 26.3 Å². The van der Waals surface area contributed by atoms with Crippen LogP contribution >= 0.6 is 0 Å². The molecule has 6 nitrogen and oxygen atoms in total. The normalized spacial score (nSPS) is 13.6. The van der Waals surface area contributed by atoms with Gasteiger partial charge in [-0.1, -0.05) is 6.07 Å². The molecule has 0 aliphatic carbocycles. The van der Waals surface area contributed by atoms with Crippen molar-refractivity contribution >= 4 is 17.7 Å². The van der Waals surface area contributed by atoms with E-state index in [1.165, 1.54) is 12.2 Å². The number of halogens is 7. The summed E-state index contributed by atoms with van der Waals surface area (Å²) in [6, 6.07) is 4.33. The first-order valence-corrected chi connectivity index (χ1v) is 8.73. The molecule has 0 unspecified atom stereocenters. The van der Waals surface area contributed by atoms with Crippen LogP contribution in [0.3, 0.4) is 0 Å². The van der Waals surface area contributed by atoms with Crippen molar-refractivity contribution in [2.75, 3.05) is 11.9 Å². The van der Waals surface area contributed by atoms with E-state index in [9.17, 15) is 40.3 Å². The van der Waals surface area contributed by atoms with E-state index >= 15 is 0 Å². The Morgan fingerprint density at radius 3 is 2.12 bits per heavy atom. The number of amides is 2. The lowest BCUT2D eigenvalue weighted by Crippen LogP contribution is -2.69. The number of esters is 1. The topological polar surface area (TPSA) is 76.7 Å². The Morgan fingerprint density at radius 2 is 1.59 bits per heavy atom. The zero-order valence-electron chi connectivity index (χ0n) is 16.1. The van der Waals surface area contributed by atoms with Gasteiger partial charge in [-0.05, 0) is 49.4 Å². The molecule has 0 bridgehead atoms. The van der Waals surface area contributed by atoms with Gasteiger partial charge in [0.15, 0.2) is 0 Å². The van der Waals surface area contributed by atoms with Crippen molar-refractivity contribution in [3.05, 3.63) is 59.9 Å². The standard InChI is InChI=1S/C19H15F7N2O4/c1-2-31-15(29)17(19(24,25)26,32-14-8-6-12(20)7-9-14)28-16(30)27-13-5-3-4-11(10-13)18(21,22)23/h3-10H,2H2,1H3,(H2,27,28,30)/t17-/m1/s1. The van der Waals surface area contributed by atoms with E-state index in [0.29, 0.717) is 12.1 Å².